The van der Waals surface area contributed by atoms with Crippen molar-refractivity contribution in [1.29, 1.82) is 0 Å². The summed E-state index contributed by atoms with van der Waals surface area (Å²) in [5.41, 5.74) is 3.23. The SMILES string of the molecule is CCc1ccc(OCc2c(Br)cccc2N(O)C(=O)OC)c(C)c1. The van der Waals surface area contributed by atoms with Crippen molar-refractivity contribution in [3.8, 4) is 5.75 Å². The largest absolute Gasteiger partial charge is 0.489 e. The second-order valence-corrected chi connectivity index (χ2v) is 6.12. The molecule has 0 unspecified atom stereocenters. The fourth-order valence-corrected chi connectivity index (χ4v) is 2.79. The van der Waals surface area contributed by atoms with Crippen LogP contribution in [0.1, 0.15) is 23.6 Å². The van der Waals surface area contributed by atoms with Gasteiger partial charge in [-0.15, -0.1) is 0 Å². The molecule has 0 aliphatic rings. The molecule has 2 aromatic carbocycles. The molecule has 0 saturated carbocycles. The van der Waals surface area contributed by atoms with Crippen molar-refractivity contribution in [3.05, 3.63) is 57.6 Å². The van der Waals surface area contributed by atoms with Gasteiger partial charge in [0.15, 0.2) is 0 Å². The number of halogens is 1. The minimum absolute atomic E-state index is 0.192. The number of ether oxygens (including phenoxy) is 2. The Balaban J connectivity index is 2.25. The third-order valence-corrected chi connectivity index (χ3v) is 4.43. The van der Waals surface area contributed by atoms with Crippen LogP contribution in [0, 0.1) is 6.92 Å². The maximum atomic E-state index is 11.6. The number of anilines is 1. The molecule has 1 amide bonds. The predicted octanol–water partition coefficient (Wildman–Crippen LogP) is 4.86. The summed E-state index contributed by atoms with van der Waals surface area (Å²) >= 11 is 3.43. The van der Waals surface area contributed by atoms with Crippen molar-refractivity contribution in [3.63, 3.8) is 0 Å². The Kier molecular flexibility index (Phi) is 6.23. The number of hydrogen-bond acceptors (Lipinski definition) is 4. The number of hydrogen-bond donors (Lipinski definition) is 1. The van der Waals surface area contributed by atoms with E-state index in [0.717, 1.165) is 22.2 Å². The molecule has 0 radical (unpaired) electrons. The number of aryl methyl sites for hydroxylation is 2. The quantitative estimate of drug-likeness (QED) is 0.581. The van der Waals surface area contributed by atoms with Crippen molar-refractivity contribution in [2.75, 3.05) is 12.2 Å². The van der Waals surface area contributed by atoms with Crippen molar-refractivity contribution in [2.45, 2.75) is 26.9 Å². The van der Waals surface area contributed by atoms with Crippen LogP contribution in [0.3, 0.4) is 0 Å². The monoisotopic (exact) mass is 393 g/mol. The highest BCUT2D eigenvalue weighted by Gasteiger charge is 2.19. The van der Waals surface area contributed by atoms with E-state index in [1.165, 1.54) is 12.7 Å². The van der Waals surface area contributed by atoms with E-state index < -0.39 is 6.09 Å². The Morgan fingerprint density at radius 2 is 2.04 bits per heavy atom. The second-order valence-electron chi connectivity index (χ2n) is 5.26. The van der Waals surface area contributed by atoms with E-state index >= 15 is 0 Å². The number of carbonyl (C=O) groups excluding carboxylic acids is 1. The molecule has 0 heterocycles. The molecule has 0 bridgehead atoms. The first-order chi connectivity index (χ1) is 11.5. The Bertz CT molecular complexity index is 733. The smallest absolute Gasteiger partial charge is 0.438 e. The average molecular weight is 394 g/mol. The van der Waals surface area contributed by atoms with Crippen LogP contribution in [0.4, 0.5) is 10.5 Å². The molecule has 5 nitrogen and oxygen atoms in total. The van der Waals surface area contributed by atoms with Gasteiger partial charge in [0.2, 0.25) is 0 Å². The summed E-state index contributed by atoms with van der Waals surface area (Å²) in [5.74, 6) is 0.761. The van der Waals surface area contributed by atoms with Gasteiger partial charge in [-0.3, -0.25) is 5.21 Å². The Labute approximate surface area is 149 Å². The lowest BCUT2D eigenvalue weighted by molar-refractivity contribution is 0.140. The first kappa shape index (κ1) is 18.3. The van der Waals surface area contributed by atoms with Crippen LogP contribution >= 0.6 is 15.9 Å². The number of hydroxylamine groups is 1. The average Bonchev–Trinajstić information content (AvgIpc) is 2.59. The lowest BCUT2D eigenvalue weighted by atomic mass is 10.1. The molecule has 2 aromatic rings. The fourth-order valence-electron chi connectivity index (χ4n) is 2.32. The predicted molar refractivity (Wildman–Crippen MR) is 95.7 cm³/mol. The normalized spacial score (nSPS) is 10.4. The Morgan fingerprint density at radius 3 is 2.67 bits per heavy atom. The highest BCUT2D eigenvalue weighted by molar-refractivity contribution is 9.10. The summed E-state index contributed by atoms with van der Waals surface area (Å²) < 4.78 is 11.2. The molecule has 0 saturated heterocycles. The molecule has 6 heteroatoms. The van der Waals surface area contributed by atoms with E-state index in [1.807, 2.05) is 25.1 Å². The number of amides is 1. The van der Waals surface area contributed by atoms with Crippen LogP contribution in [0.2, 0.25) is 0 Å². The summed E-state index contributed by atoms with van der Waals surface area (Å²) in [5, 5.41) is 10.5. The standard InChI is InChI=1S/C18H20BrNO4/c1-4-13-8-9-17(12(2)10-13)24-11-14-15(19)6-5-7-16(14)20(22)18(21)23-3/h5-10,22H,4,11H2,1-3H3. The zero-order valence-electron chi connectivity index (χ0n) is 13.9. The van der Waals surface area contributed by atoms with E-state index in [-0.39, 0.29) is 6.61 Å². The van der Waals surface area contributed by atoms with Crippen LogP contribution < -0.4 is 9.80 Å². The van der Waals surface area contributed by atoms with Gasteiger partial charge in [-0.05, 0) is 42.7 Å². The Morgan fingerprint density at radius 1 is 1.29 bits per heavy atom. The van der Waals surface area contributed by atoms with Crippen LogP contribution in [0.5, 0.6) is 5.75 Å². The van der Waals surface area contributed by atoms with Gasteiger partial charge in [-0.1, -0.05) is 41.1 Å². The summed E-state index contributed by atoms with van der Waals surface area (Å²) in [6.45, 7) is 4.28. The van der Waals surface area contributed by atoms with Crippen LogP contribution in [0.25, 0.3) is 0 Å². The highest BCUT2D eigenvalue weighted by atomic mass is 79.9. The highest BCUT2D eigenvalue weighted by Crippen LogP contribution is 2.30. The van der Waals surface area contributed by atoms with Crippen LogP contribution in [-0.2, 0) is 17.8 Å². The molecule has 2 rings (SSSR count). The summed E-state index contributed by atoms with van der Waals surface area (Å²) in [7, 11) is 1.21. The lowest BCUT2D eigenvalue weighted by Crippen LogP contribution is -2.28. The number of rotatable bonds is 5. The molecule has 0 atom stereocenters. The van der Waals surface area contributed by atoms with E-state index in [0.29, 0.717) is 16.3 Å². The van der Waals surface area contributed by atoms with E-state index in [9.17, 15) is 10.0 Å². The molecule has 0 aromatic heterocycles. The molecule has 0 aliphatic carbocycles. The number of nitrogens with zero attached hydrogens (tertiary/aromatic N) is 1. The van der Waals surface area contributed by atoms with E-state index in [1.54, 1.807) is 12.1 Å². The topological polar surface area (TPSA) is 59.0 Å². The number of methoxy groups -OCH3 is 1. The minimum Gasteiger partial charge on any atom is -0.489 e. The van der Waals surface area contributed by atoms with Crippen LogP contribution in [0.15, 0.2) is 40.9 Å². The van der Waals surface area contributed by atoms with Crippen molar-refractivity contribution in [1.82, 2.24) is 0 Å². The van der Waals surface area contributed by atoms with Crippen molar-refractivity contribution < 1.29 is 19.5 Å². The zero-order chi connectivity index (χ0) is 17.7. The first-order valence-electron chi connectivity index (χ1n) is 7.54. The molecule has 1 N–H and O–H groups in total. The third kappa shape index (κ3) is 4.07. The fraction of sp³-hybridized carbons (Fsp3) is 0.278. The molecule has 0 aliphatic heterocycles. The Hall–Kier alpha value is -2.05. The molecule has 24 heavy (non-hydrogen) atoms. The van der Waals surface area contributed by atoms with Crippen LogP contribution in [-0.4, -0.2) is 18.4 Å². The summed E-state index contributed by atoms with van der Waals surface area (Å²) in [6.07, 6.45) is 0.103. The maximum Gasteiger partial charge on any atom is 0.438 e. The molecule has 0 spiro atoms. The number of benzene rings is 2. The minimum atomic E-state index is -0.863. The van der Waals surface area contributed by atoms with Crippen molar-refractivity contribution >= 4 is 27.7 Å². The molecule has 0 fully saturated rings. The maximum absolute atomic E-state index is 11.6. The van der Waals surface area contributed by atoms with Gasteiger partial charge in [-0.25, -0.2) is 4.79 Å². The molecular formula is C18H20BrNO4. The molecule has 128 valence electrons. The summed E-state index contributed by atoms with van der Waals surface area (Å²) in [6, 6.07) is 11.2. The van der Waals surface area contributed by atoms with Crippen molar-refractivity contribution in [2.24, 2.45) is 0 Å². The van der Waals surface area contributed by atoms with Gasteiger partial charge in [-0.2, -0.15) is 5.06 Å². The molecular weight excluding hydrogens is 374 g/mol. The first-order valence-corrected chi connectivity index (χ1v) is 8.33. The zero-order valence-corrected chi connectivity index (χ0v) is 15.5. The number of carbonyl (C=O) groups is 1. The lowest BCUT2D eigenvalue weighted by Gasteiger charge is -2.19. The van der Waals surface area contributed by atoms with Gasteiger partial charge < -0.3 is 9.47 Å². The van der Waals surface area contributed by atoms with Gasteiger partial charge >= 0.3 is 6.09 Å². The summed E-state index contributed by atoms with van der Waals surface area (Å²) in [4.78, 5) is 11.6. The van der Waals surface area contributed by atoms with E-state index in [4.69, 9.17) is 4.74 Å². The van der Waals surface area contributed by atoms with Gasteiger partial charge in [0.25, 0.3) is 0 Å². The second kappa shape index (κ2) is 8.17. The van der Waals surface area contributed by atoms with Gasteiger partial charge in [0, 0.05) is 10.0 Å². The van der Waals surface area contributed by atoms with Gasteiger partial charge in [0.1, 0.15) is 12.4 Å². The van der Waals surface area contributed by atoms with E-state index in [2.05, 4.69) is 33.7 Å². The van der Waals surface area contributed by atoms with Gasteiger partial charge in [0.05, 0.1) is 12.8 Å². The third-order valence-electron chi connectivity index (χ3n) is 3.69.